The first-order valence-electron chi connectivity index (χ1n) is 8.93. The molecule has 0 amide bonds. The minimum Gasteiger partial charge on any atom is -0.330 e. The zero-order chi connectivity index (χ0) is 20.4. The highest BCUT2D eigenvalue weighted by Gasteiger charge is 2.26. The largest absolute Gasteiger partial charge is 0.330 e. The first-order valence-corrected chi connectivity index (χ1v) is 10.9. The fraction of sp³-hybridized carbons (Fsp3) is 0.0870. The standard InChI is InChI=1S/C23H16Cl3NOS/c24-23(25,26)18-12-10-17(11-13-18)20(28)14-22-27(15-16-6-2-1-3-7-16)19-8-4-5-9-21(19)29-22/h1-14H,15H2. The number of ketones is 1. The number of allylic oxidation sites excluding steroid dienone is 1. The summed E-state index contributed by atoms with van der Waals surface area (Å²) in [5.74, 6) is -0.0887. The van der Waals surface area contributed by atoms with Crippen molar-refractivity contribution in [2.75, 3.05) is 4.90 Å². The van der Waals surface area contributed by atoms with Crippen molar-refractivity contribution in [3.05, 3.63) is 107 Å². The number of benzene rings is 3. The number of nitrogens with zero attached hydrogens (tertiary/aromatic N) is 1. The summed E-state index contributed by atoms with van der Waals surface area (Å²) in [5, 5.41) is 0.894. The van der Waals surface area contributed by atoms with E-state index in [9.17, 15) is 4.79 Å². The van der Waals surface area contributed by atoms with E-state index in [0.717, 1.165) is 15.6 Å². The number of rotatable bonds is 4. The maximum absolute atomic E-state index is 12.9. The van der Waals surface area contributed by atoms with E-state index in [2.05, 4.69) is 29.2 Å². The molecule has 6 heteroatoms. The van der Waals surface area contributed by atoms with Crippen LogP contribution in [0, 0.1) is 0 Å². The molecule has 146 valence electrons. The van der Waals surface area contributed by atoms with Crippen LogP contribution in [0.15, 0.2) is 94.9 Å². The molecule has 0 unspecified atom stereocenters. The van der Waals surface area contributed by atoms with Crippen LogP contribution in [0.25, 0.3) is 0 Å². The molecule has 1 heterocycles. The predicted octanol–water partition coefficient (Wildman–Crippen LogP) is 7.35. The second kappa shape index (κ2) is 8.45. The first-order chi connectivity index (χ1) is 13.9. The van der Waals surface area contributed by atoms with Crippen LogP contribution >= 0.6 is 46.6 Å². The van der Waals surface area contributed by atoms with Gasteiger partial charge in [-0.25, -0.2) is 0 Å². The van der Waals surface area contributed by atoms with Crippen LogP contribution in [0.4, 0.5) is 5.69 Å². The van der Waals surface area contributed by atoms with Crippen molar-refractivity contribution in [1.29, 1.82) is 0 Å². The summed E-state index contributed by atoms with van der Waals surface area (Å²) in [7, 11) is 0. The number of fused-ring (bicyclic) bond motifs is 1. The van der Waals surface area contributed by atoms with Crippen molar-refractivity contribution in [3.8, 4) is 0 Å². The van der Waals surface area contributed by atoms with E-state index in [1.165, 1.54) is 5.56 Å². The van der Waals surface area contributed by atoms with Gasteiger partial charge in [-0.3, -0.25) is 4.79 Å². The lowest BCUT2D eigenvalue weighted by atomic mass is 10.1. The van der Waals surface area contributed by atoms with Crippen molar-refractivity contribution in [3.63, 3.8) is 0 Å². The third-order valence-corrected chi connectivity index (χ3v) is 6.34. The summed E-state index contributed by atoms with van der Waals surface area (Å²) in [6.07, 6.45) is 1.68. The molecule has 1 aliphatic rings. The smallest absolute Gasteiger partial charge is 0.216 e. The van der Waals surface area contributed by atoms with Gasteiger partial charge < -0.3 is 4.90 Å². The number of hydrogen-bond donors (Lipinski definition) is 0. The second-order valence-electron chi connectivity index (χ2n) is 6.56. The normalized spacial score (nSPS) is 14.9. The van der Waals surface area contributed by atoms with Crippen molar-refractivity contribution < 1.29 is 4.79 Å². The SMILES string of the molecule is O=C(C=C1Sc2ccccc2N1Cc1ccccc1)c1ccc(C(Cl)(Cl)Cl)cc1. The molecule has 0 bridgehead atoms. The zero-order valence-electron chi connectivity index (χ0n) is 15.2. The molecule has 0 fully saturated rings. The van der Waals surface area contributed by atoms with Gasteiger partial charge in [-0.1, -0.05) is 113 Å². The quantitative estimate of drug-likeness (QED) is 0.230. The summed E-state index contributed by atoms with van der Waals surface area (Å²) < 4.78 is -1.50. The van der Waals surface area contributed by atoms with Crippen molar-refractivity contribution in [1.82, 2.24) is 0 Å². The van der Waals surface area contributed by atoms with Crippen molar-refractivity contribution in [2.45, 2.75) is 15.2 Å². The number of hydrogen-bond acceptors (Lipinski definition) is 3. The maximum Gasteiger partial charge on any atom is 0.216 e. The van der Waals surface area contributed by atoms with Crippen LogP contribution in [0.1, 0.15) is 21.5 Å². The highest BCUT2D eigenvalue weighted by atomic mass is 35.6. The Kier molecular flexibility index (Phi) is 5.93. The number of carbonyl (C=O) groups is 1. The van der Waals surface area contributed by atoms with Crippen LogP contribution in [0.3, 0.4) is 0 Å². The average Bonchev–Trinajstić information content (AvgIpc) is 3.05. The Morgan fingerprint density at radius 2 is 1.55 bits per heavy atom. The van der Waals surface area contributed by atoms with Gasteiger partial charge in [0, 0.05) is 28.6 Å². The molecule has 4 rings (SSSR count). The molecule has 3 aromatic rings. The molecular formula is C23H16Cl3NOS. The molecule has 0 N–H and O–H groups in total. The number of para-hydroxylation sites is 1. The maximum atomic E-state index is 12.9. The predicted molar refractivity (Wildman–Crippen MR) is 123 cm³/mol. The van der Waals surface area contributed by atoms with Gasteiger partial charge in [-0.2, -0.15) is 0 Å². The Labute approximate surface area is 189 Å². The van der Waals surface area contributed by atoms with Crippen LogP contribution in [-0.4, -0.2) is 5.78 Å². The molecule has 3 aromatic carbocycles. The Hall–Kier alpha value is -1.91. The Bertz CT molecular complexity index is 1060. The minimum absolute atomic E-state index is 0.0887. The highest BCUT2D eigenvalue weighted by Crippen LogP contribution is 2.46. The minimum atomic E-state index is -1.50. The lowest BCUT2D eigenvalue weighted by molar-refractivity contribution is 0.104. The Morgan fingerprint density at radius 1 is 0.897 bits per heavy atom. The fourth-order valence-electron chi connectivity index (χ4n) is 3.11. The Morgan fingerprint density at radius 3 is 2.24 bits per heavy atom. The van der Waals surface area contributed by atoms with Crippen LogP contribution in [-0.2, 0) is 10.3 Å². The second-order valence-corrected chi connectivity index (χ2v) is 9.91. The van der Waals surface area contributed by atoms with Crippen molar-refractivity contribution >= 4 is 58.0 Å². The van der Waals surface area contributed by atoms with Gasteiger partial charge in [-0.05, 0) is 17.7 Å². The van der Waals surface area contributed by atoms with Gasteiger partial charge in [-0.15, -0.1) is 0 Å². The first kappa shape index (κ1) is 20.4. The zero-order valence-corrected chi connectivity index (χ0v) is 18.3. The molecular weight excluding hydrogens is 445 g/mol. The third-order valence-electron chi connectivity index (χ3n) is 4.57. The van der Waals surface area contributed by atoms with E-state index < -0.39 is 3.79 Å². The molecule has 0 aromatic heterocycles. The van der Waals surface area contributed by atoms with E-state index >= 15 is 0 Å². The molecule has 0 atom stereocenters. The lowest BCUT2D eigenvalue weighted by Crippen LogP contribution is -2.18. The number of anilines is 1. The van der Waals surface area contributed by atoms with E-state index in [1.807, 2.05) is 30.3 Å². The average molecular weight is 461 g/mol. The van der Waals surface area contributed by atoms with Gasteiger partial charge >= 0.3 is 0 Å². The summed E-state index contributed by atoms with van der Waals surface area (Å²) in [6.45, 7) is 0.691. The van der Waals surface area contributed by atoms with Gasteiger partial charge in [0.2, 0.25) is 3.79 Å². The Balaban J connectivity index is 1.63. The van der Waals surface area contributed by atoms with Gasteiger partial charge in [0.05, 0.1) is 10.7 Å². The number of alkyl halides is 3. The van der Waals surface area contributed by atoms with Crippen molar-refractivity contribution in [2.24, 2.45) is 0 Å². The van der Waals surface area contributed by atoms with Gasteiger partial charge in [0.25, 0.3) is 0 Å². The molecule has 0 spiro atoms. The number of halogens is 3. The monoisotopic (exact) mass is 459 g/mol. The number of thioether (sulfide) groups is 1. The molecule has 0 saturated carbocycles. The van der Waals surface area contributed by atoms with E-state index in [-0.39, 0.29) is 5.78 Å². The van der Waals surface area contributed by atoms with Crippen LogP contribution < -0.4 is 4.90 Å². The molecule has 0 saturated heterocycles. The molecule has 1 aliphatic heterocycles. The lowest BCUT2D eigenvalue weighted by Gasteiger charge is -2.20. The summed E-state index contributed by atoms with van der Waals surface area (Å²) in [4.78, 5) is 16.2. The van der Waals surface area contributed by atoms with E-state index in [0.29, 0.717) is 17.7 Å². The molecule has 0 radical (unpaired) electrons. The van der Waals surface area contributed by atoms with Crippen LogP contribution in [0.2, 0.25) is 0 Å². The highest BCUT2D eigenvalue weighted by molar-refractivity contribution is 8.03. The number of carbonyl (C=O) groups excluding carboxylic acids is 1. The van der Waals surface area contributed by atoms with Gasteiger partial charge in [0.15, 0.2) is 5.78 Å². The summed E-state index contributed by atoms with van der Waals surface area (Å²) in [5.41, 5.74) is 3.36. The van der Waals surface area contributed by atoms with E-state index in [1.54, 1.807) is 42.1 Å². The molecule has 0 aliphatic carbocycles. The fourth-order valence-corrected chi connectivity index (χ4v) is 4.58. The summed E-state index contributed by atoms with van der Waals surface area (Å²) in [6, 6.07) is 25.1. The van der Waals surface area contributed by atoms with Gasteiger partial charge in [0.1, 0.15) is 0 Å². The topological polar surface area (TPSA) is 20.3 Å². The van der Waals surface area contributed by atoms with Crippen LogP contribution in [0.5, 0.6) is 0 Å². The third kappa shape index (κ3) is 4.65. The molecule has 29 heavy (non-hydrogen) atoms. The van der Waals surface area contributed by atoms with E-state index in [4.69, 9.17) is 34.8 Å². The molecule has 2 nitrogen and oxygen atoms in total. The summed E-state index contributed by atoms with van der Waals surface area (Å²) >= 11 is 19.3.